The zero-order valence-corrected chi connectivity index (χ0v) is 16.3. The number of aryl methyl sites for hydroxylation is 2. The topological polar surface area (TPSA) is 45.5 Å². The molecular weight excluding hydrogens is 366 g/mol. The van der Waals surface area contributed by atoms with Crippen LogP contribution in [0.15, 0.2) is 46.1 Å². The third-order valence-corrected chi connectivity index (χ3v) is 4.47. The number of nitrogens with zero attached hydrogens (tertiary/aromatic N) is 4. The van der Waals surface area contributed by atoms with Crippen LogP contribution in [0.5, 0.6) is 0 Å². The molecule has 0 aliphatic heterocycles. The minimum absolute atomic E-state index is 0.835. The van der Waals surface area contributed by atoms with Gasteiger partial charge in [0.15, 0.2) is 5.96 Å². The fraction of sp³-hybridized carbons (Fsp3) is 0.444. The summed E-state index contributed by atoms with van der Waals surface area (Å²) in [6.45, 7) is 4.81. The van der Waals surface area contributed by atoms with Gasteiger partial charge in [-0.2, -0.15) is 0 Å². The highest BCUT2D eigenvalue weighted by molar-refractivity contribution is 9.10. The number of halogens is 1. The number of hydrogen-bond donors (Lipinski definition) is 1. The maximum absolute atomic E-state index is 4.37. The van der Waals surface area contributed by atoms with Gasteiger partial charge < -0.3 is 14.8 Å². The largest absolute Gasteiger partial charge is 0.356 e. The summed E-state index contributed by atoms with van der Waals surface area (Å²) in [5, 5.41) is 3.44. The molecule has 6 heteroatoms. The standard InChI is InChI=1S/C18H26BrN5/c1-15-21-11-13-24(15)12-5-4-10-22-18(20-2)23(3)14-16-6-8-17(19)9-7-16/h6-9,11,13H,4-5,10,12,14H2,1-3H3,(H,20,22). The molecule has 0 fully saturated rings. The van der Waals surface area contributed by atoms with Gasteiger partial charge >= 0.3 is 0 Å². The van der Waals surface area contributed by atoms with E-state index in [-0.39, 0.29) is 0 Å². The summed E-state index contributed by atoms with van der Waals surface area (Å²) in [4.78, 5) is 10.8. The number of benzene rings is 1. The summed E-state index contributed by atoms with van der Waals surface area (Å²) in [7, 11) is 3.89. The first-order valence-electron chi connectivity index (χ1n) is 8.24. The van der Waals surface area contributed by atoms with E-state index in [4.69, 9.17) is 0 Å². The molecule has 0 aliphatic rings. The van der Waals surface area contributed by atoms with Gasteiger partial charge in [0, 0.05) is 50.6 Å². The van der Waals surface area contributed by atoms with Crippen molar-refractivity contribution >= 4 is 21.9 Å². The third-order valence-electron chi connectivity index (χ3n) is 3.94. The Morgan fingerprint density at radius 3 is 2.67 bits per heavy atom. The average Bonchev–Trinajstić information content (AvgIpc) is 2.98. The van der Waals surface area contributed by atoms with Crippen LogP contribution in [0.25, 0.3) is 0 Å². The number of guanidine groups is 1. The third kappa shape index (κ3) is 5.67. The Balaban J connectivity index is 1.71. The normalized spacial score (nSPS) is 11.6. The van der Waals surface area contributed by atoms with Crippen molar-refractivity contribution < 1.29 is 0 Å². The van der Waals surface area contributed by atoms with Gasteiger partial charge in [-0.3, -0.25) is 4.99 Å². The molecule has 0 atom stereocenters. The number of hydrogen-bond acceptors (Lipinski definition) is 2. The van der Waals surface area contributed by atoms with Crippen molar-refractivity contribution in [1.29, 1.82) is 0 Å². The first-order valence-corrected chi connectivity index (χ1v) is 9.03. The van der Waals surface area contributed by atoms with Gasteiger partial charge in [-0.05, 0) is 37.5 Å². The highest BCUT2D eigenvalue weighted by Crippen LogP contribution is 2.11. The SMILES string of the molecule is CN=C(NCCCCn1ccnc1C)N(C)Cc1ccc(Br)cc1. The second-order valence-corrected chi connectivity index (χ2v) is 6.75. The van der Waals surface area contributed by atoms with Crippen LogP contribution < -0.4 is 5.32 Å². The van der Waals surface area contributed by atoms with E-state index in [0.29, 0.717) is 0 Å². The molecule has 0 spiro atoms. The first kappa shape index (κ1) is 18.5. The zero-order valence-electron chi connectivity index (χ0n) is 14.7. The molecule has 2 rings (SSSR count). The van der Waals surface area contributed by atoms with E-state index in [1.165, 1.54) is 5.56 Å². The van der Waals surface area contributed by atoms with Gasteiger partial charge in [0.05, 0.1) is 0 Å². The summed E-state index contributed by atoms with van der Waals surface area (Å²) in [6.07, 6.45) is 6.11. The molecule has 0 saturated heterocycles. The van der Waals surface area contributed by atoms with E-state index in [2.05, 4.69) is 72.0 Å². The number of imidazole rings is 1. The number of rotatable bonds is 7. The molecule has 0 aliphatic carbocycles. The molecule has 5 nitrogen and oxygen atoms in total. The Morgan fingerprint density at radius 1 is 1.29 bits per heavy atom. The molecular formula is C18H26BrN5. The smallest absolute Gasteiger partial charge is 0.193 e. The van der Waals surface area contributed by atoms with E-state index in [1.54, 1.807) is 0 Å². The van der Waals surface area contributed by atoms with Crippen molar-refractivity contribution in [3.63, 3.8) is 0 Å². The van der Waals surface area contributed by atoms with Crippen molar-refractivity contribution in [2.45, 2.75) is 32.9 Å². The quantitative estimate of drug-likeness (QED) is 0.446. The molecule has 0 bridgehead atoms. The van der Waals surface area contributed by atoms with E-state index in [9.17, 15) is 0 Å². The Morgan fingerprint density at radius 2 is 2.04 bits per heavy atom. The minimum Gasteiger partial charge on any atom is -0.356 e. The molecule has 0 radical (unpaired) electrons. The molecule has 2 aromatic rings. The number of unbranched alkanes of at least 4 members (excludes halogenated alkanes) is 1. The van der Waals surface area contributed by atoms with Crippen LogP contribution in [-0.4, -0.2) is 41.1 Å². The van der Waals surface area contributed by atoms with Gasteiger partial charge in [-0.1, -0.05) is 28.1 Å². The van der Waals surface area contributed by atoms with Crippen molar-refractivity contribution in [2.75, 3.05) is 20.6 Å². The Hall–Kier alpha value is -1.82. The van der Waals surface area contributed by atoms with Crippen LogP contribution >= 0.6 is 15.9 Å². The first-order chi connectivity index (χ1) is 11.6. The van der Waals surface area contributed by atoms with E-state index < -0.39 is 0 Å². The lowest BCUT2D eigenvalue weighted by molar-refractivity contribution is 0.473. The van der Waals surface area contributed by atoms with Crippen LogP contribution in [0.4, 0.5) is 0 Å². The van der Waals surface area contributed by atoms with Gasteiger partial charge in [0.2, 0.25) is 0 Å². The molecule has 1 N–H and O–H groups in total. The predicted octanol–water partition coefficient (Wildman–Crippen LogP) is 3.44. The minimum atomic E-state index is 0.835. The van der Waals surface area contributed by atoms with E-state index in [1.807, 2.05) is 26.4 Å². The maximum atomic E-state index is 4.37. The molecule has 24 heavy (non-hydrogen) atoms. The molecule has 1 aromatic carbocycles. The summed E-state index contributed by atoms with van der Waals surface area (Å²) in [6, 6.07) is 8.39. The van der Waals surface area contributed by atoms with Crippen molar-refractivity contribution in [2.24, 2.45) is 4.99 Å². The van der Waals surface area contributed by atoms with Crippen LogP contribution in [0.2, 0.25) is 0 Å². The summed E-state index contributed by atoms with van der Waals surface area (Å²) >= 11 is 3.47. The second kappa shape index (κ2) is 9.47. The zero-order chi connectivity index (χ0) is 17.4. The van der Waals surface area contributed by atoms with Crippen molar-refractivity contribution in [1.82, 2.24) is 19.8 Å². The lowest BCUT2D eigenvalue weighted by Crippen LogP contribution is -2.38. The van der Waals surface area contributed by atoms with Crippen LogP contribution in [-0.2, 0) is 13.1 Å². The Labute approximate surface area is 152 Å². The van der Waals surface area contributed by atoms with Crippen LogP contribution in [0.3, 0.4) is 0 Å². The number of aliphatic imine (C=N–C) groups is 1. The number of nitrogens with one attached hydrogen (secondary N) is 1. The molecule has 1 heterocycles. The van der Waals surface area contributed by atoms with Crippen LogP contribution in [0.1, 0.15) is 24.2 Å². The molecule has 0 amide bonds. The van der Waals surface area contributed by atoms with Gasteiger partial charge in [0.25, 0.3) is 0 Å². The summed E-state index contributed by atoms with van der Waals surface area (Å²) in [5.41, 5.74) is 1.26. The van der Waals surface area contributed by atoms with Crippen LogP contribution in [0, 0.1) is 6.92 Å². The molecule has 0 saturated carbocycles. The fourth-order valence-electron chi connectivity index (χ4n) is 2.57. The number of aromatic nitrogens is 2. The Bertz CT molecular complexity index is 648. The molecule has 1 aromatic heterocycles. The Kier molecular flexibility index (Phi) is 7.31. The monoisotopic (exact) mass is 391 g/mol. The van der Waals surface area contributed by atoms with Gasteiger partial charge in [-0.15, -0.1) is 0 Å². The lowest BCUT2D eigenvalue weighted by Gasteiger charge is -2.22. The molecule has 130 valence electrons. The summed E-state index contributed by atoms with van der Waals surface area (Å²) in [5.74, 6) is 2.00. The highest BCUT2D eigenvalue weighted by atomic mass is 79.9. The summed E-state index contributed by atoms with van der Waals surface area (Å²) < 4.78 is 3.29. The van der Waals surface area contributed by atoms with Crippen molar-refractivity contribution in [3.8, 4) is 0 Å². The molecule has 0 unspecified atom stereocenters. The highest BCUT2D eigenvalue weighted by Gasteiger charge is 2.06. The maximum Gasteiger partial charge on any atom is 0.193 e. The van der Waals surface area contributed by atoms with E-state index in [0.717, 1.165) is 48.7 Å². The van der Waals surface area contributed by atoms with Gasteiger partial charge in [0.1, 0.15) is 5.82 Å². The van der Waals surface area contributed by atoms with E-state index >= 15 is 0 Å². The van der Waals surface area contributed by atoms with Crippen molar-refractivity contribution in [3.05, 3.63) is 52.5 Å². The second-order valence-electron chi connectivity index (χ2n) is 5.83. The average molecular weight is 392 g/mol. The fourth-order valence-corrected chi connectivity index (χ4v) is 2.84. The van der Waals surface area contributed by atoms with Gasteiger partial charge in [-0.25, -0.2) is 4.98 Å². The predicted molar refractivity (Wildman–Crippen MR) is 103 cm³/mol. The lowest BCUT2D eigenvalue weighted by atomic mass is 10.2.